The highest BCUT2D eigenvalue weighted by atomic mass is 32.2. The van der Waals surface area contributed by atoms with E-state index in [1.54, 1.807) is 0 Å². The van der Waals surface area contributed by atoms with E-state index in [4.69, 9.17) is 0 Å². The molecule has 1 unspecified atom stereocenters. The first-order valence-electron chi connectivity index (χ1n) is 5.73. The molecule has 1 rings (SSSR count). The molecule has 0 heterocycles. The molecule has 18 heavy (non-hydrogen) atoms. The number of halogens is 1. The summed E-state index contributed by atoms with van der Waals surface area (Å²) in [6.07, 6.45) is 0. The summed E-state index contributed by atoms with van der Waals surface area (Å²) < 4.78 is 23.7. The van der Waals surface area contributed by atoms with Crippen LogP contribution in [0.3, 0.4) is 0 Å². The van der Waals surface area contributed by atoms with Crippen molar-refractivity contribution in [3.8, 4) is 0 Å². The summed E-state index contributed by atoms with van der Waals surface area (Å²) in [6, 6.07) is 5.57. The molecule has 0 spiro atoms. The summed E-state index contributed by atoms with van der Waals surface area (Å²) in [5.74, 6) is 0.626. The molecule has 1 amide bonds. The van der Waals surface area contributed by atoms with Crippen LogP contribution in [0.2, 0.25) is 0 Å². The molecule has 0 saturated heterocycles. The number of rotatable bonds is 7. The first-order valence-corrected chi connectivity index (χ1v) is 7.21. The molecule has 1 aromatic carbocycles. The second-order valence-electron chi connectivity index (χ2n) is 3.66. The van der Waals surface area contributed by atoms with Gasteiger partial charge in [-0.1, -0.05) is 6.92 Å². The van der Waals surface area contributed by atoms with Gasteiger partial charge in [0, 0.05) is 34.5 Å². The summed E-state index contributed by atoms with van der Waals surface area (Å²) in [7, 11) is -0.818. The summed E-state index contributed by atoms with van der Waals surface area (Å²) >= 11 is 0. The molecule has 0 radical (unpaired) electrons. The van der Waals surface area contributed by atoms with Gasteiger partial charge in [0.2, 0.25) is 5.91 Å². The minimum atomic E-state index is -0.818. The molecule has 4 nitrogen and oxygen atoms in total. The maximum Gasteiger partial charge on any atom is 0.238 e. The topological polar surface area (TPSA) is 58.2 Å². The van der Waals surface area contributed by atoms with E-state index in [1.165, 1.54) is 24.3 Å². The Bertz CT molecular complexity index is 409. The Morgan fingerprint density at radius 1 is 1.33 bits per heavy atom. The molecule has 0 aliphatic rings. The third kappa shape index (κ3) is 5.88. The standard InChI is InChI=1S/C12H17FN2O2S/c1-2-18(17)8-7-14-9-12(16)15-11-5-3-10(13)4-6-11/h3-6,14H,2,7-9H2,1H3,(H,15,16). The number of hydrogen-bond donors (Lipinski definition) is 2. The van der Waals surface area contributed by atoms with Crippen LogP contribution in [0.4, 0.5) is 10.1 Å². The van der Waals surface area contributed by atoms with Crippen molar-refractivity contribution in [1.82, 2.24) is 5.32 Å². The molecule has 0 bridgehead atoms. The summed E-state index contributed by atoms with van der Waals surface area (Å²) in [5.41, 5.74) is 0.556. The Balaban J connectivity index is 2.21. The lowest BCUT2D eigenvalue weighted by Gasteiger charge is -2.06. The smallest absolute Gasteiger partial charge is 0.238 e. The Morgan fingerprint density at radius 3 is 2.61 bits per heavy atom. The molecule has 1 aromatic rings. The van der Waals surface area contributed by atoms with E-state index in [9.17, 15) is 13.4 Å². The molecule has 2 N–H and O–H groups in total. The van der Waals surface area contributed by atoms with Crippen LogP contribution >= 0.6 is 0 Å². The van der Waals surface area contributed by atoms with E-state index >= 15 is 0 Å². The van der Waals surface area contributed by atoms with Crippen molar-refractivity contribution in [1.29, 1.82) is 0 Å². The predicted molar refractivity (Wildman–Crippen MR) is 71.4 cm³/mol. The second-order valence-corrected chi connectivity index (χ2v) is 5.53. The van der Waals surface area contributed by atoms with Crippen LogP contribution in [-0.2, 0) is 15.6 Å². The van der Waals surface area contributed by atoms with Crippen LogP contribution in [0.15, 0.2) is 24.3 Å². The Morgan fingerprint density at radius 2 is 2.00 bits per heavy atom. The zero-order valence-electron chi connectivity index (χ0n) is 10.2. The van der Waals surface area contributed by atoms with Gasteiger partial charge in [-0.2, -0.15) is 0 Å². The third-order valence-electron chi connectivity index (χ3n) is 2.24. The fourth-order valence-electron chi connectivity index (χ4n) is 1.27. The first kappa shape index (κ1) is 14.8. The normalized spacial score (nSPS) is 12.1. The van der Waals surface area contributed by atoms with Crippen molar-refractivity contribution >= 4 is 22.4 Å². The quantitative estimate of drug-likeness (QED) is 0.731. The number of anilines is 1. The third-order valence-corrected chi connectivity index (χ3v) is 3.55. The van der Waals surface area contributed by atoms with Crippen molar-refractivity contribution in [2.75, 3.05) is 29.9 Å². The number of hydrogen-bond acceptors (Lipinski definition) is 3. The molecule has 0 aromatic heterocycles. The molecule has 0 aliphatic heterocycles. The fraction of sp³-hybridized carbons (Fsp3) is 0.417. The summed E-state index contributed by atoms with van der Waals surface area (Å²) in [5, 5.41) is 5.53. The zero-order valence-corrected chi connectivity index (χ0v) is 11.1. The Labute approximate surface area is 108 Å². The van der Waals surface area contributed by atoms with Crippen LogP contribution in [0.25, 0.3) is 0 Å². The van der Waals surface area contributed by atoms with Crippen molar-refractivity contribution in [3.05, 3.63) is 30.1 Å². The minimum Gasteiger partial charge on any atom is -0.325 e. The molecule has 0 fully saturated rings. The fourth-order valence-corrected chi connectivity index (χ4v) is 1.93. The highest BCUT2D eigenvalue weighted by Crippen LogP contribution is 2.07. The first-order chi connectivity index (χ1) is 8.61. The SMILES string of the molecule is CCS(=O)CCNCC(=O)Nc1ccc(F)cc1. The van der Waals surface area contributed by atoms with Gasteiger partial charge in [0.15, 0.2) is 0 Å². The number of carbonyl (C=O) groups excluding carboxylic acids is 1. The van der Waals surface area contributed by atoms with Gasteiger partial charge in [0.1, 0.15) is 5.82 Å². The zero-order chi connectivity index (χ0) is 13.4. The predicted octanol–water partition coefficient (Wildman–Crippen LogP) is 1.12. The van der Waals surface area contributed by atoms with Gasteiger partial charge in [0.05, 0.1) is 6.54 Å². The van der Waals surface area contributed by atoms with Gasteiger partial charge in [0.25, 0.3) is 0 Å². The average molecular weight is 272 g/mol. The maximum atomic E-state index is 12.6. The number of nitrogens with one attached hydrogen (secondary N) is 2. The highest BCUT2D eigenvalue weighted by molar-refractivity contribution is 7.84. The lowest BCUT2D eigenvalue weighted by Crippen LogP contribution is -2.30. The van der Waals surface area contributed by atoms with Crippen molar-refractivity contribution in [2.45, 2.75) is 6.92 Å². The number of amides is 1. The Kier molecular flexibility index (Phi) is 6.53. The van der Waals surface area contributed by atoms with Gasteiger partial charge in [-0.3, -0.25) is 9.00 Å². The molecular formula is C12H17FN2O2S. The van der Waals surface area contributed by atoms with E-state index in [1.807, 2.05) is 6.92 Å². The Hall–Kier alpha value is -1.27. The van der Waals surface area contributed by atoms with Crippen LogP contribution in [0.5, 0.6) is 0 Å². The van der Waals surface area contributed by atoms with Gasteiger partial charge in [-0.05, 0) is 24.3 Å². The molecular weight excluding hydrogens is 255 g/mol. The molecule has 100 valence electrons. The van der Waals surface area contributed by atoms with Gasteiger partial charge < -0.3 is 10.6 Å². The highest BCUT2D eigenvalue weighted by Gasteiger charge is 2.02. The largest absolute Gasteiger partial charge is 0.325 e. The van der Waals surface area contributed by atoms with E-state index in [0.29, 0.717) is 23.7 Å². The number of carbonyl (C=O) groups is 1. The summed E-state index contributed by atoms with van der Waals surface area (Å²) in [4.78, 5) is 11.5. The van der Waals surface area contributed by atoms with E-state index in [-0.39, 0.29) is 18.3 Å². The van der Waals surface area contributed by atoms with E-state index < -0.39 is 10.8 Å². The van der Waals surface area contributed by atoms with E-state index in [0.717, 1.165) is 0 Å². The van der Waals surface area contributed by atoms with Crippen LogP contribution < -0.4 is 10.6 Å². The summed E-state index contributed by atoms with van der Waals surface area (Å²) in [6.45, 7) is 2.55. The average Bonchev–Trinajstić information content (AvgIpc) is 2.37. The van der Waals surface area contributed by atoms with Crippen LogP contribution in [0.1, 0.15) is 6.92 Å². The van der Waals surface area contributed by atoms with Gasteiger partial charge >= 0.3 is 0 Å². The molecule has 0 saturated carbocycles. The lowest BCUT2D eigenvalue weighted by molar-refractivity contribution is -0.115. The molecule has 1 atom stereocenters. The van der Waals surface area contributed by atoms with Crippen LogP contribution in [0, 0.1) is 5.82 Å². The maximum absolute atomic E-state index is 12.6. The minimum absolute atomic E-state index is 0.151. The molecule has 6 heteroatoms. The van der Waals surface area contributed by atoms with Crippen molar-refractivity contribution in [2.24, 2.45) is 0 Å². The van der Waals surface area contributed by atoms with Crippen LogP contribution in [-0.4, -0.2) is 34.7 Å². The van der Waals surface area contributed by atoms with Gasteiger partial charge in [-0.15, -0.1) is 0 Å². The van der Waals surface area contributed by atoms with Crippen molar-refractivity contribution < 1.29 is 13.4 Å². The van der Waals surface area contributed by atoms with Gasteiger partial charge in [-0.25, -0.2) is 4.39 Å². The lowest BCUT2D eigenvalue weighted by atomic mass is 10.3. The molecule has 0 aliphatic carbocycles. The van der Waals surface area contributed by atoms with Crippen molar-refractivity contribution in [3.63, 3.8) is 0 Å². The second kappa shape index (κ2) is 7.94. The monoisotopic (exact) mass is 272 g/mol. The van der Waals surface area contributed by atoms with E-state index in [2.05, 4.69) is 10.6 Å². The number of benzene rings is 1.